The molecule has 1 N–H and O–H groups in total. The van der Waals surface area contributed by atoms with Crippen molar-refractivity contribution in [3.63, 3.8) is 0 Å². The molecule has 5 nitrogen and oxygen atoms in total. The maximum atomic E-state index is 11.9. The molecular weight excluding hydrogens is 232 g/mol. The summed E-state index contributed by atoms with van der Waals surface area (Å²) < 4.78 is 0. The molecule has 1 rings (SSSR count). The Hall–Kier alpha value is -1.91. The first-order valence-electron chi connectivity index (χ1n) is 5.94. The van der Waals surface area contributed by atoms with Crippen LogP contribution in [0.5, 0.6) is 0 Å². The number of aliphatic carboxylic acids is 1. The number of carbonyl (C=O) groups is 2. The summed E-state index contributed by atoms with van der Waals surface area (Å²) in [6.45, 7) is 1.75. The second-order valence-electron chi connectivity index (χ2n) is 4.09. The fraction of sp³-hybridized carbons (Fsp3) is 0.462. The first kappa shape index (κ1) is 14.2. The van der Waals surface area contributed by atoms with Gasteiger partial charge in [0.25, 0.3) is 0 Å². The number of aromatic nitrogens is 1. The number of hydrogen-bond acceptors (Lipinski definition) is 3. The van der Waals surface area contributed by atoms with Gasteiger partial charge < -0.3 is 10.0 Å². The van der Waals surface area contributed by atoms with Crippen molar-refractivity contribution < 1.29 is 14.7 Å². The van der Waals surface area contributed by atoms with Gasteiger partial charge in [-0.1, -0.05) is 13.0 Å². The summed E-state index contributed by atoms with van der Waals surface area (Å²) >= 11 is 0. The van der Waals surface area contributed by atoms with Crippen molar-refractivity contribution in [1.29, 1.82) is 0 Å². The van der Waals surface area contributed by atoms with E-state index in [2.05, 4.69) is 4.98 Å². The number of rotatable bonds is 6. The highest BCUT2D eigenvalue weighted by Gasteiger charge is 2.24. The lowest BCUT2D eigenvalue weighted by molar-refractivity contribution is -0.149. The molecule has 18 heavy (non-hydrogen) atoms. The molecule has 1 unspecified atom stereocenters. The molecule has 1 aromatic heterocycles. The van der Waals surface area contributed by atoms with Crippen molar-refractivity contribution >= 4 is 11.9 Å². The van der Waals surface area contributed by atoms with E-state index < -0.39 is 12.0 Å². The van der Waals surface area contributed by atoms with E-state index in [9.17, 15) is 9.59 Å². The van der Waals surface area contributed by atoms with Crippen molar-refractivity contribution in [3.8, 4) is 0 Å². The number of amides is 1. The van der Waals surface area contributed by atoms with Crippen LogP contribution < -0.4 is 0 Å². The molecule has 0 aromatic carbocycles. The van der Waals surface area contributed by atoms with Crippen LogP contribution >= 0.6 is 0 Å². The summed E-state index contributed by atoms with van der Waals surface area (Å²) in [5.41, 5.74) is 0.836. The van der Waals surface area contributed by atoms with Gasteiger partial charge in [-0.2, -0.15) is 0 Å². The Balaban J connectivity index is 2.52. The van der Waals surface area contributed by atoms with E-state index in [1.807, 2.05) is 18.2 Å². The monoisotopic (exact) mass is 250 g/mol. The fourth-order valence-corrected chi connectivity index (χ4v) is 1.75. The van der Waals surface area contributed by atoms with Crippen LogP contribution in [0.2, 0.25) is 0 Å². The number of aryl methyl sites for hydroxylation is 1. The quantitative estimate of drug-likeness (QED) is 0.827. The van der Waals surface area contributed by atoms with Gasteiger partial charge in [0.2, 0.25) is 5.91 Å². The average molecular weight is 250 g/mol. The molecule has 0 saturated heterocycles. The van der Waals surface area contributed by atoms with Crippen LogP contribution in [0.25, 0.3) is 0 Å². The summed E-state index contributed by atoms with van der Waals surface area (Å²) in [4.78, 5) is 28.2. The fourth-order valence-electron chi connectivity index (χ4n) is 1.75. The van der Waals surface area contributed by atoms with Gasteiger partial charge in [0, 0.05) is 25.4 Å². The van der Waals surface area contributed by atoms with Crippen molar-refractivity contribution in [1.82, 2.24) is 9.88 Å². The number of likely N-dealkylation sites (N-methyl/N-ethyl adjacent to an activating group) is 1. The van der Waals surface area contributed by atoms with E-state index in [1.54, 1.807) is 13.1 Å². The second-order valence-corrected chi connectivity index (χ2v) is 4.09. The Kier molecular flexibility index (Phi) is 5.30. The van der Waals surface area contributed by atoms with E-state index in [0.29, 0.717) is 12.8 Å². The second kappa shape index (κ2) is 6.74. The predicted molar refractivity (Wildman–Crippen MR) is 67.0 cm³/mol. The van der Waals surface area contributed by atoms with Gasteiger partial charge in [-0.3, -0.25) is 9.78 Å². The number of pyridine rings is 1. The lowest BCUT2D eigenvalue weighted by atomic mass is 10.1. The molecule has 0 aliphatic rings. The molecule has 1 heterocycles. The Morgan fingerprint density at radius 2 is 2.17 bits per heavy atom. The minimum atomic E-state index is -0.966. The molecule has 1 aromatic rings. The normalized spacial score (nSPS) is 11.9. The molecule has 98 valence electrons. The molecule has 0 radical (unpaired) electrons. The SMILES string of the molecule is CCC(C(=O)O)N(C)C(=O)CCc1ccccn1. The Labute approximate surface area is 106 Å². The van der Waals surface area contributed by atoms with Crippen molar-refractivity contribution in [2.75, 3.05) is 7.05 Å². The van der Waals surface area contributed by atoms with Gasteiger partial charge in [-0.25, -0.2) is 4.79 Å². The zero-order valence-corrected chi connectivity index (χ0v) is 10.7. The third-order valence-corrected chi connectivity index (χ3v) is 2.85. The van der Waals surface area contributed by atoms with Crippen LogP contribution in [-0.4, -0.2) is 40.0 Å². The maximum absolute atomic E-state index is 11.9. The lowest BCUT2D eigenvalue weighted by Gasteiger charge is -2.23. The van der Waals surface area contributed by atoms with Gasteiger partial charge in [0.1, 0.15) is 6.04 Å². The summed E-state index contributed by atoms with van der Waals surface area (Å²) in [6, 6.07) is 4.78. The Morgan fingerprint density at radius 3 is 2.67 bits per heavy atom. The van der Waals surface area contributed by atoms with E-state index in [4.69, 9.17) is 5.11 Å². The van der Waals surface area contributed by atoms with Crippen molar-refractivity contribution in [3.05, 3.63) is 30.1 Å². The zero-order chi connectivity index (χ0) is 13.5. The maximum Gasteiger partial charge on any atom is 0.326 e. The number of hydrogen-bond donors (Lipinski definition) is 1. The predicted octanol–water partition coefficient (Wildman–Crippen LogP) is 1.34. The highest BCUT2D eigenvalue weighted by atomic mass is 16.4. The minimum Gasteiger partial charge on any atom is -0.480 e. The molecule has 0 aliphatic heterocycles. The van der Waals surface area contributed by atoms with E-state index in [-0.39, 0.29) is 12.3 Å². The smallest absolute Gasteiger partial charge is 0.326 e. The Morgan fingerprint density at radius 1 is 1.44 bits per heavy atom. The molecule has 1 amide bonds. The van der Waals surface area contributed by atoms with Crippen LogP contribution in [0.1, 0.15) is 25.5 Å². The largest absolute Gasteiger partial charge is 0.480 e. The van der Waals surface area contributed by atoms with Crippen LogP contribution in [0.15, 0.2) is 24.4 Å². The van der Waals surface area contributed by atoms with Gasteiger partial charge in [0.15, 0.2) is 0 Å². The number of nitrogens with zero attached hydrogens (tertiary/aromatic N) is 2. The summed E-state index contributed by atoms with van der Waals surface area (Å²) in [5, 5.41) is 8.97. The van der Waals surface area contributed by atoms with Crippen LogP contribution in [0, 0.1) is 0 Å². The van der Waals surface area contributed by atoms with Gasteiger partial charge in [-0.05, 0) is 25.0 Å². The minimum absolute atomic E-state index is 0.171. The van der Waals surface area contributed by atoms with E-state index >= 15 is 0 Å². The number of carbonyl (C=O) groups excluding carboxylic acids is 1. The average Bonchev–Trinajstić information content (AvgIpc) is 2.37. The van der Waals surface area contributed by atoms with Crippen molar-refractivity contribution in [2.45, 2.75) is 32.2 Å². The number of carboxylic acid groups (broad SMARTS) is 1. The summed E-state index contributed by atoms with van der Waals surface area (Å²) in [6.07, 6.45) is 2.88. The summed E-state index contributed by atoms with van der Waals surface area (Å²) in [7, 11) is 1.53. The van der Waals surface area contributed by atoms with Crippen molar-refractivity contribution in [2.24, 2.45) is 0 Å². The standard InChI is InChI=1S/C13H18N2O3/c1-3-11(13(17)18)15(2)12(16)8-7-10-6-4-5-9-14-10/h4-6,9,11H,3,7-8H2,1-2H3,(H,17,18). The first-order chi connectivity index (χ1) is 8.56. The van der Waals surface area contributed by atoms with E-state index in [1.165, 1.54) is 11.9 Å². The number of carboxylic acids is 1. The summed E-state index contributed by atoms with van der Waals surface area (Å²) in [5.74, 6) is -1.14. The van der Waals surface area contributed by atoms with Crippen LogP contribution in [-0.2, 0) is 16.0 Å². The lowest BCUT2D eigenvalue weighted by Crippen LogP contribution is -2.42. The first-order valence-corrected chi connectivity index (χ1v) is 5.94. The molecule has 1 atom stereocenters. The topological polar surface area (TPSA) is 70.5 Å². The van der Waals surface area contributed by atoms with Gasteiger partial charge in [-0.15, -0.1) is 0 Å². The highest BCUT2D eigenvalue weighted by Crippen LogP contribution is 2.07. The molecular formula is C13H18N2O3. The van der Waals surface area contributed by atoms with Gasteiger partial charge >= 0.3 is 5.97 Å². The highest BCUT2D eigenvalue weighted by molar-refractivity contribution is 5.83. The van der Waals surface area contributed by atoms with Crippen LogP contribution in [0.3, 0.4) is 0 Å². The third-order valence-electron chi connectivity index (χ3n) is 2.85. The zero-order valence-electron chi connectivity index (χ0n) is 10.7. The molecule has 0 saturated carbocycles. The van der Waals surface area contributed by atoms with Gasteiger partial charge in [0.05, 0.1) is 0 Å². The van der Waals surface area contributed by atoms with Crippen LogP contribution in [0.4, 0.5) is 0 Å². The molecule has 0 spiro atoms. The Bertz CT molecular complexity index is 406. The third kappa shape index (κ3) is 3.84. The molecule has 5 heteroatoms. The molecule has 0 aliphatic carbocycles. The molecule has 0 fully saturated rings. The van der Waals surface area contributed by atoms with E-state index in [0.717, 1.165) is 5.69 Å². The molecule has 0 bridgehead atoms.